The molecule has 16 heavy (non-hydrogen) atoms. The third-order valence-corrected chi connectivity index (χ3v) is 3.20. The van der Waals surface area contributed by atoms with Gasteiger partial charge in [-0.05, 0) is 36.4 Å². The highest BCUT2D eigenvalue weighted by Gasteiger charge is 2.03. The van der Waals surface area contributed by atoms with Gasteiger partial charge in [-0.15, -0.1) is 0 Å². The maximum Gasteiger partial charge on any atom is 0.265 e. The molecule has 0 spiro atoms. The molecule has 5 heteroatoms. The van der Waals surface area contributed by atoms with Crippen LogP contribution in [0.4, 0.5) is 0 Å². The van der Waals surface area contributed by atoms with Crippen molar-refractivity contribution >= 4 is 17.7 Å². The number of nitrogens with one attached hydrogen (secondary N) is 1. The summed E-state index contributed by atoms with van der Waals surface area (Å²) in [6, 6.07) is 7.47. The lowest BCUT2D eigenvalue weighted by molar-refractivity contribution is 0.0953. The highest BCUT2D eigenvalue weighted by Crippen LogP contribution is 2.14. The molecule has 0 atom stereocenters. The number of thioether (sulfide) groups is 1. The SMILES string of the molecule is NCCCSCc1cccc(C(=O)NN)c1. The average molecular weight is 239 g/mol. The quantitative estimate of drug-likeness (QED) is 0.298. The predicted octanol–water partition coefficient (Wildman–Crippen LogP) is 0.872. The van der Waals surface area contributed by atoms with Crippen molar-refractivity contribution < 1.29 is 4.79 Å². The molecule has 0 fully saturated rings. The van der Waals surface area contributed by atoms with Crippen LogP contribution in [-0.4, -0.2) is 18.2 Å². The first-order valence-electron chi connectivity index (χ1n) is 5.15. The summed E-state index contributed by atoms with van der Waals surface area (Å²) in [6.07, 6.45) is 1.02. The van der Waals surface area contributed by atoms with Crippen LogP contribution in [0.25, 0.3) is 0 Å². The minimum Gasteiger partial charge on any atom is -0.330 e. The van der Waals surface area contributed by atoms with Gasteiger partial charge in [-0.1, -0.05) is 12.1 Å². The van der Waals surface area contributed by atoms with Gasteiger partial charge in [-0.3, -0.25) is 10.2 Å². The zero-order valence-corrected chi connectivity index (χ0v) is 9.93. The Morgan fingerprint density at radius 3 is 2.94 bits per heavy atom. The highest BCUT2D eigenvalue weighted by molar-refractivity contribution is 7.98. The molecule has 0 aliphatic rings. The fraction of sp³-hybridized carbons (Fsp3) is 0.364. The molecule has 1 aromatic carbocycles. The second-order valence-electron chi connectivity index (χ2n) is 3.37. The molecule has 5 N–H and O–H groups in total. The van der Waals surface area contributed by atoms with Gasteiger partial charge in [0, 0.05) is 11.3 Å². The standard InChI is InChI=1S/C11H17N3OS/c12-5-2-6-16-8-9-3-1-4-10(7-9)11(15)14-13/h1,3-4,7H,2,5-6,8,12-13H2,(H,14,15). The van der Waals surface area contributed by atoms with E-state index in [9.17, 15) is 4.79 Å². The Bertz CT molecular complexity index is 344. The van der Waals surface area contributed by atoms with E-state index in [4.69, 9.17) is 11.6 Å². The molecule has 0 aliphatic carbocycles. The van der Waals surface area contributed by atoms with Gasteiger partial charge in [0.1, 0.15) is 0 Å². The van der Waals surface area contributed by atoms with Crippen molar-refractivity contribution in [1.29, 1.82) is 0 Å². The van der Waals surface area contributed by atoms with Crippen LogP contribution < -0.4 is 17.0 Å². The second-order valence-corrected chi connectivity index (χ2v) is 4.47. The van der Waals surface area contributed by atoms with Crippen LogP contribution in [0.5, 0.6) is 0 Å². The largest absolute Gasteiger partial charge is 0.330 e. The minimum atomic E-state index is -0.256. The molecule has 0 bridgehead atoms. The Balaban J connectivity index is 2.50. The van der Waals surface area contributed by atoms with Gasteiger partial charge >= 0.3 is 0 Å². The molecule has 0 saturated carbocycles. The Hall–Kier alpha value is -1.04. The summed E-state index contributed by atoms with van der Waals surface area (Å²) in [5, 5.41) is 0. The van der Waals surface area contributed by atoms with Crippen LogP contribution in [-0.2, 0) is 5.75 Å². The molecule has 0 radical (unpaired) electrons. The number of hydrogen-bond acceptors (Lipinski definition) is 4. The molecular formula is C11H17N3OS. The summed E-state index contributed by atoms with van der Waals surface area (Å²) in [4.78, 5) is 11.3. The predicted molar refractivity (Wildman–Crippen MR) is 67.9 cm³/mol. The molecule has 88 valence electrons. The molecule has 1 aromatic rings. The van der Waals surface area contributed by atoms with Crippen molar-refractivity contribution in [3.8, 4) is 0 Å². The van der Waals surface area contributed by atoms with E-state index in [0.29, 0.717) is 5.56 Å². The first-order valence-corrected chi connectivity index (χ1v) is 6.31. The van der Waals surface area contributed by atoms with E-state index in [-0.39, 0.29) is 5.91 Å². The Morgan fingerprint density at radius 2 is 2.25 bits per heavy atom. The summed E-state index contributed by atoms with van der Waals surface area (Å²) < 4.78 is 0. The monoisotopic (exact) mass is 239 g/mol. The molecule has 0 aliphatic heterocycles. The van der Waals surface area contributed by atoms with Crippen LogP contribution in [0.1, 0.15) is 22.3 Å². The normalized spacial score (nSPS) is 10.1. The van der Waals surface area contributed by atoms with Crippen molar-refractivity contribution in [2.75, 3.05) is 12.3 Å². The van der Waals surface area contributed by atoms with Crippen LogP contribution in [0.15, 0.2) is 24.3 Å². The maximum absolute atomic E-state index is 11.3. The van der Waals surface area contributed by atoms with Crippen molar-refractivity contribution in [2.24, 2.45) is 11.6 Å². The molecule has 0 heterocycles. The van der Waals surface area contributed by atoms with Gasteiger partial charge in [0.2, 0.25) is 0 Å². The average Bonchev–Trinajstić information content (AvgIpc) is 2.34. The van der Waals surface area contributed by atoms with Crippen molar-refractivity contribution in [2.45, 2.75) is 12.2 Å². The molecule has 0 saturated heterocycles. The lowest BCUT2D eigenvalue weighted by Gasteiger charge is -2.04. The zero-order valence-electron chi connectivity index (χ0n) is 9.11. The zero-order chi connectivity index (χ0) is 11.8. The van der Waals surface area contributed by atoms with E-state index < -0.39 is 0 Å². The third-order valence-electron chi connectivity index (χ3n) is 2.08. The smallest absolute Gasteiger partial charge is 0.265 e. The van der Waals surface area contributed by atoms with Gasteiger partial charge in [0.15, 0.2) is 0 Å². The number of nitrogens with two attached hydrogens (primary N) is 2. The Morgan fingerprint density at radius 1 is 1.44 bits per heavy atom. The maximum atomic E-state index is 11.3. The lowest BCUT2D eigenvalue weighted by atomic mass is 10.1. The highest BCUT2D eigenvalue weighted by atomic mass is 32.2. The summed E-state index contributed by atoms with van der Waals surface area (Å²) in [5.41, 5.74) is 9.26. The molecule has 0 aromatic heterocycles. The van der Waals surface area contributed by atoms with E-state index in [1.54, 1.807) is 6.07 Å². The summed E-state index contributed by atoms with van der Waals surface area (Å²) in [5.74, 6) is 6.76. The van der Waals surface area contributed by atoms with Gasteiger partial charge < -0.3 is 5.73 Å². The van der Waals surface area contributed by atoms with Crippen molar-refractivity contribution in [1.82, 2.24) is 5.43 Å². The van der Waals surface area contributed by atoms with Crippen molar-refractivity contribution in [3.63, 3.8) is 0 Å². The van der Waals surface area contributed by atoms with Crippen LogP contribution in [0, 0.1) is 0 Å². The number of hydrogen-bond donors (Lipinski definition) is 3. The number of carbonyl (C=O) groups excluding carboxylic acids is 1. The first kappa shape index (κ1) is 13.0. The number of rotatable bonds is 6. The molecular weight excluding hydrogens is 222 g/mol. The van der Waals surface area contributed by atoms with E-state index in [2.05, 4.69) is 5.43 Å². The topological polar surface area (TPSA) is 81.1 Å². The molecule has 0 unspecified atom stereocenters. The number of amides is 1. The molecule has 4 nitrogen and oxygen atoms in total. The van der Waals surface area contributed by atoms with E-state index in [0.717, 1.165) is 30.0 Å². The second kappa shape index (κ2) is 7.27. The summed E-state index contributed by atoms with van der Waals surface area (Å²) in [6.45, 7) is 0.725. The van der Waals surface area contributed by atoms with Crippen LogP contribution in [0.3, 0.4) is 0 Å². The number of hydrazine groups is 1. The number of carbonyl (C=O) groups is 1. The lowest BCUT2D eigenvalue weighted by Crippen LogP contribution is -2.29. The first-order chi connectivity index (χ1) is 7.77. The van der Waals surface area contributed by atoms with Gasteiger partial charge in [-0.2, -0.15) is 11.8 Å². The van der Waals surface area contributed by atoms with Crippen LogP contribution in [0.2, 0.25) is 0 Å². The van der Waals surface area contributed by atoms with Gasteiger partial charge in [0.05, 0.1) is 0 Å². The number of nitrogen functional groups attached to an aromatic ring is 1. The fourth-order valence-corrected chi connectivity index (χ4v) is 2.19. The fourth-order valence-electron chi connectivity index (χ4n) is 1.26. The Kier molecular flexibility index (Phi) is 5.92. The summed E-state index contributed by atoms with van der Waals surface area (Å²) in [7, 11) is 0. The van der Waals surface area contributed by atoms with Gasteiger partial charge in [-0.25, -0.2) is 5.84 Å². The Labute approximate surface area is 99.7 Å². The van der Waals surface area contributed by atoms with Gasteiger partial charge in [0.25, 0.3) is 5.91 Å². The van der Waals surface area contributed by atoms with E-state index in [1.807, 2.05) is 30.0 Å². The van der Waals surface area contributed by atoms with Crippen molar-refractivity contribution in [3.05, 3.63) is 35.4 Å². The molecule has 1 amide bonds. The minimum absolute atomic E-state index is 0.256. The van der Waals surface area contributed by atoms with E-state index >= 15 is 0 Å². The third kappa shape index (κ3) is 4.22. The van der Waals surface area contributed by atoms with Crippen LogP contribution >= 0.6 is 11.8 Å². The molecule has 1 rings (SSSR count). The number of benzene rings is 1. The van der Waals surface area contributed by atoms with E-state index in [1.165, 1.54) is 0 Å². The summed E-state index contributed by atoms with van der Waals surface area (Å²) >= 11 is 1.82.